The minimum atomic E-state index is -0.0685. The van der Waals surface area contributed by atoms with Gasteiger partial charge in [-0.25, -0.2) is 9.97 Å². The molecule has 0 saturated carbocycles. The minimum Gasteiger partial charge on any atom is -0.303 e. The molecule has 0 aromatic carbocycles. The van der Waals surface area contributed by atoms with E-state index >= 15 is 0 Å². The Bertz CT molecular complexity index is 863. The van der Waals surface area contributed by atoms with Crippen LogP contribution in [0.25, 0.3) is 5.65 Å². The first-order chi connectivity index (χ1) is 11.0. The van der Waals surface area contributed by atoms with Crippen LogP contribution in [0.5, 0.6) is 0 Å². The van der Waals surface area contributed by atoms with Crippen molar-refractivity contribution in [3.63, 3.8) is 0 Å². The first-order valence-electron chi connectivity index (χ1n) is 7.64. The summed E-state index contributed by atoms with van der Waals surface area (Å²) in [5.74, 6) is 0.293. The second kappa shape index (κ2) is 6.12. The van der Waals surface area contributed by atoms with Crippen LogP contribution in [0.2, 0.25) is 0 Å². The molecule has 1 N–H and O–H groups in total. The van der Waals surface area contributed by atoms with Crippen LogP contribution in [0.4, 0.5) is 5.13 Å². The van der Waals surface area contributed by atoms with E-state index in [1.54, 1.807) is 0 Å². The lowest BCUT2D eigenvalue weighted by Gasteiger charge is -2.04. The summed E-state index contributed by atoms with van der Waals surface area (Å²) in [5, 5.41) is 5.53. The predicted octanol–water partition coefficient (Wildman–Crippen LogP) is 3.71. The third-order valence-corrected chi connectivity index (χ3v) is 4.61. The molecular formula is C17H20N4OS. The Balaban J connectivity index is 1.80. The molecule has 0 radical (unpaired) electrons. The highest BCUT2D eigenvalue weighted by molar-refractivity contribution is 7.13. The standard InChI is InChI=1S/C17H20N4OS/c1-10(2)13-9-23-17(19-13)20-15(22)8-14-12(4)18-16-11(3)6-5-7-21(14)16/h5-7,9-10H,8H2,1-4H3,(H,19,20,22). The number of nitrogens with zero attached hydrogens (tertiary/aromatic N) is 3. The van der Waals surface area contributed by atoms with Gasteiger partial charge in [-0.15, -0.1) is 11.3 Å². The maximum Gasteiger partial charge on any atom is 0.232 e. The van der Waals surface area contributed by atoms with Gasteiger partial charge >= 0.3 is 0 Å². The van der Waals surface area contributed by atoms with Crippen molar-refractivity contribution in [3.8, 4) is 0 Å². The van der Waals surface area contributed by atoms with E-state index in [0.29, 0.717) is 11.0 Å². The topological polar surface area (TPSA) is 59.3 Å². The monoisotopic (exact) mass is 328 g/mol. The van der Waals surface area contributed by atoms with Gasteiger partial charge in [0.1, 0.15) is 5.65 Å². The largest absolute Gasteiger partial charge is 0.303 e. The van der Waals surface area contributed by atoms with Gasteiger partial charge in [0.25, 0.3) is 0 Å². The summed E-state index contributed by atoms with van der Waals surface area (Å²) in [6.07, 6.45) is 2.23. The SMILES string of the molecule is Cc1nc2c(C)cccn2c1CC(=O)Nc1nc(C(C)C)cs1. The highest BCUT2D eigenvalue weighted by Gasteiger charge is 2.15. The zero-order chi connectivity index (χ0) is 16.6. The average molecular weight is 328 g/mol. The number of carbonyl (C=O) groups is 1. The molecule has 0 unspecified atom stereocenters. The first-order valence-corrected chi connectivity index (χ1v) is 8.52. The molecular weight excluding hydrogens is 308 g/mol. The summed E-state index contributed by atoms with van der Waals surface area (Å²) < 4.78 is 1.99. The van der Waals surface area contributed by atoms with E-state index in [9.17, 15) is 4.79 Å². The van der Waals surface area contributed by atoms with Crippen molar-refractivity contribution in [1.29, 1.82) is 0 Å². The molecule has 0 saturated heterocycles. The third-order valence-electron chi connectivity index (χ3n) is 3.83. The molecule has 0 spiro atoms. The molecule has 120 valence electrons. The van der Waals surface area contributed by atoms with E-state index in [0.717, 1.165) is 28.3 Å². The van der Waals surface area contributed by atoms with E-state index in [4.69, 9.17) is 0 Å². The lowest BCUT2D eigenvalue weighted by molar-refractivity contribution is -0.115. The van der Waals surface area contributed by atoms with Crippen LogP contribution in [0.3, 0.4) is 0 Å². The lowest BCUT2D eigenvalue weighted by Crippen LogP contribution is -2.16. The number of rotatable bonds is 4. The molecule has 3 aromatic heterocycles. The molecule has 5 nitrogen and oxygen atoms in total. The fourth-order valence-electron chi connectivity index (χ4n) is 2.50. The van der Waals surface area contributed by atoms with Gasteiger partial charge in [0.15, 0.2) is 5.13 Å². The quantitative estimate of drug-likeness (QED) is 0.794. The van der Waals surface area contributed by atoms with E-state index in [1.165, 1.54) is 11.3 Å². The number of nitrogens with one attached hydrogen (secondary N) is 1. The maximum atomic E-state index is 12.4. The van der Waals surface area contributed by atoms with E-state index in [1.807, 2.05) is 42.0 Å². The van der Waals surface area contributed by atoms with Crippen LogP contribution in [0.15, 0.2) is 23.7 Å². The van der Waals surface area contributed by atoms with E-state index in [2.05, 4.69) is 29.1 Å². The highest BCUT2D eigenvalue weighted by atomic mass is 32.1. The lowest BCUT2D eigenvalue weighted by atomic mass is 10.2. The molecule has 1 amide bonds. The maximum absolute atomic E-state index is 12.4. The minimum absolute atomic E-state index is 0.0685. The Morgan fingerprint density at radius 1 is 1.35 bits per heavy atom. The predicted molar refractivity (Wildman–Crippen MR) is 93.2 cm³/mol. The number of amides is 1. The second-order valence-electron chi connectivity index (χ2n) is 5.99. The molecule has 0 aliphatic heterocycles. The number of carbonyl (C=O) groups excluding carboxylic acids is 1. The number of hydrogen-bond donors (Lipinski definition) is 1. The van der Waals surface area contributed by atoms with Crippen LogP contribution < -0.4 is 5.32 Å². The number of anilines is 1. The van der Waals surface area contributed by atoms with Crippen LogP contribution in [-0.2, 0) is 11.2 Å². The van der Waals surface area contributed by atoms with Crippen LogP contribution in [-0.4, -0.2) is 20.3 Å². The van der Waals surface area contributed by atoms with Crippen molar-refractivity contribution in [3.05, 3.63) is 46.4 Å². The second-order valence-corrected chi connectivity index (χ2v) is 6.84. The highest BCUT2D eigenvalue weighted by Crippen LogP contribution is 2.22. The van der Waals surface area contributed by atoms with Gasteiger partial charge in [-0.05, 0) is 31.4 Å². The van der Waals surface area contributed by atoms with Crippen molar-refractivity contribution in [2.75, 3.05) is 5.32 Å². The number of aromatic nitrogens is 3. The molecule has 0 aliphatic carbocycles. The van der Waals surface area contributed by atoms with Gasteiger partial charge < -0.3 is 9.72 Å². The molecule has 6 heteroatoms. The van der Waals surface area contributed by atoms with E-state index < -0.39 is 0 Å². The molecule has 0 aliphatic rings. The van der Waals surface area contributed by atoms with Gasteiger partial charge in [0.2, 0.25) is 5.91 Å². The van der Waals surface area contributed by atoms with Gasteiger partial charge in [-0.2, -0.15) is 0 Å². The zero-order valence-electron chi connectivity index (χ0n) is 13.8. The molecule has 3 rings (SSSR count). The molecule has 3 aromatic rings. The summed E-state index contributed by atoms with van der Waals surface area (Å²) in [6, 6.07) is 4.00. The fraction of sp³-hybridized carbons (Fsp3) is 0.353. The molecule has 0 bridgehead atoms. The smallest absolute Gasteiger partial charge is 0.232 e. The van der Waals surface area contributed by atoms with Crippen LogP contribution >= 0.6 is 11.3 Å². The number of imidazole rings is 1. The number of aryl methyl sites for hydroxylation is 2. The van der Waals surface area contributed by atoms with Gasteiger partial charge in [-0.1, -0.05) is 19.9 Å². The number of fused-ring (bicyclic) bond motifs is 1. The third kappa shape index (κ3) is 3.12. The Morgan fingerprint density at radius 3 is 2.83 bits per heavy atom. The Hall–Kier alpha value is -2.21. The summed E-state index contributed by atoms with van der Waals surface area (Å²) >= 11 is 1.46. The molecule has 23 heavy (non-hydrogen) atoms. The molecule has 0 atom stereocenters. The van der Waals surface area contributed by atoms with Gasteiger partial charge in [0, 0.05) is 11.6 Å². The van der Waals surface area contributed by atoms with Crippen molar-refractivity contribution in [2.45, 2.75) is 40.0 Å². The van der Waals surface area contributed by atoms with E-state index in [-0.39, 0.29) is 12.3 Å². The summed E-state index contributed by atoms with van der Waals surface area (Å²) in [4.78, 5) is 21.4. The normalized spacial score (nSPS) is 11.3. The Kier molecular flexibility index (Phi) is 4.17. The number of thiazole rings is 1. The summed E-state index contributed by atoms with van der Waals surface area (Å²) in [7, 11) is 0. The summed E-state index contributed by atoms with van der Waals surface area (Å²) in [5.41, 5.74) is 4.82. The fourth-order valence-corrected chi connectivity index (χ4v) is 3.39. The Labute approximate surface area is 139 Å². The van der Waals surface area contributed by atoms with Crippen molar-refractivity contribution in [1.82, 2.24) is 14.4 Å². The van der Waals surface area contributed by atoms with Crippen molar-refractivity contribution < 1.29 is 4.79 Å². The first kappa shape index (κ1) is 15.7. The zero-order valence-corrected chi connectivity index (χ0v) is 14.6. The Morgan fingerprint density at radius 2 is 2.13 bits per heavy atom. The molecule has 3 heterocycles. The molecule has 0 fully saturated rings. The van der Waals surface area contributed by atoms with Gasteiger partial charge in [0.05, 0.1) is 23.5 Å². The van der Waals surface area contributed by atoms with Crippen LogP contribution in [0, 0.1) is 13.8 Å². The van der Waals surface area contributed by atoms with Crippen LogP contribution in [0.1, 0.15) is 42.4 Å². The van der Waals surface area contributed by atoms with Gasteiger partial charge in [-0.3, -0.25) is 4.79 Å². The summed E-state index contributed by atoms with van der Waals surface area (Å²) in [6.45, 7) is 8.14. The average Bonchev–Trinajstić information content (AvgIpc) is 3.06. The number of pyridine rings is 1. The van der Waals surface area contributed by atoms with Crippen molar-refractivity contribution in [2.24, 2.45) is 0 Å². The number of hydrogen-bond acceptors (Lipinski definition) is 4. The van der Waals surface area contributed by atoms with Crippen molar-refractivity contribution >= 4 is 28.0 Å².